The lowest BCUT2D eigenvalue weighted by Gasteiger charge is -2.24. The van der Waals surface area contributed by atoms with Gasteiger partial charge < -0.3 is 15.4 Å². The summed E-state index contributed by atoms with van der Waals surface area (Å²) in [5.74, 6) is -0.0701. The van der Waals surface area contributed by atoms with Crippen molar-refractivity contribution in [3.8, 4) is 0 Å². The predicted octanol–water partition coefficient (Wildman–Crippen LogP) is 4.12. The van der Waals surface area contributed by atoms with E-state index in [-0.39, 0.29) is 24.1 Å². The van der Waals surface area contributed by atoms with Crippen molar-refractivity contribution in [1.82, 2.24) is 10.6 Å². The molecule has 2 rings (SSSR count). The van der Waals surface area contributed by atoms with Crippen molar-refractivity contribution >= 4 is 29.5 Å². The van der Waals surface area contributed by atoms with Gasteiger partial charge in [0, 0.05) is 0 Å². The first-order valence-corrected chi connectivity index (χ1v) is 11.6. The van der Waals surface area contributed by atoms with Gasteiger partial charge in [-0.25, -0.2) is 4.79 Å². The zero-order valence-electron chi connectivity index (χ0n) is 18.2. The molecule has 2 aromatic rings. The minimum Gasteiger partial charge on any atom is -0.445 e. The van der Waals surface area contributed by atoms with E-state index in [0.29, 0.717) is 12.0 Å². The maximum atomic E-state index is 13.0. The molecule has 0 aromatic heterocycles. The van der Waals surface area contributed by atoms with E-state index in [1.54, 1.807) is 0 Å². The lowest BCUT2D eigenvalue weighted by atomic mass is 10.00. The summed E-state index contributed by atoms with van der Waals surface area (Å²) in [5, 5.41) is 5.49. The number of thioether (sulfide) groups is 1. The Hall–Kier alpha value is -2.80. The van der Waals surface area contributed by atoms with Gasteiger partial charge in [-0.05, 0) is 29.7 Å². The van der Waals surface area contributed by atoms with Crippen molar-refractivity contribution in [3.05, 3.63) is 71.8 Å². The zero-order valence-corrected chi connectivity index (χ0v) is 19.0. The highest BCUT2D eigenvalue weighted by atomic mass is 32.2. The summed E-state index contributed by atoms with van der Waals surface area (Å²) in [6.45, 7) is 4.04. The molecule has 31 heavy (non-hydrogen) atoms. The Morgan fingerprint density at radius 3 is 2.13 bits per heavy atom. The average molecular weight is 443 g/mol. The molecular weight excluding hydrogens is 412 g/mol. The Labute approximate surface area is 188 Å². The molecule has 0 saturated heterocycles. The van der Waals surface area contributed by atoms with Crippen molar-refractivity contribution in [2.45, 2.75) is 39.0 Å². The van der Waals surface area contributed by atoms with Gasteiger partial charge in [-0.1, -0.05) is 74.5 Å². The fourth-order valence-corrected chi connectivity index (χ4v) is 3.52. The SMILES string of the molecule is CSCC(=O)[C@@H](NC(=O)[C@H](CC(C)C)NC(=O)OCc1ccccc1)c1ccccc1. The number of rotatable bonds is 11. The molecule has 2 aromatic carbocycles. The van der Waals surface area contributed by atoms with Crippen LogP contribution in [0.1, 0.15) is 37.4 Å². The Bertz CT molecular complexity index is 843. The van der Waals surface area contributed by atoms with E-state index in [0.717, 1.165) is 5.56 Å². The van der Waals surface area contributed by atoms with Crippen molar-refractivity contribution in [2.75, 3.05) is 12.0 Å². The third kappa shape index (κ3) is 8.45. The molecule has 0 unspecified atom stereocenters. The van der Waals surface area contributed by atoms with Crippen LogP contribution in [-0.2, 0) is 20.9 Å². The van der Waals surface area contributed by atoms with E-state index in [4.69, 9.17) is 4.74 Å². The van der Waals surface area contributed by atoms with E-state index in [1.165, 1.54) is 11.8 Å². The topological polar surface area (TPSA) is 84.5 Å². The summed E-state index contributed by atoms with van der Waals surface area (Å²) in [4.78, 5) is 38.0. The van der Waals surface area contributed by atoms with Gasteiger partial charge in [0.2, 0.25) is 5.91 Å². The lowest BCUT2D eigenvalue weighted by molar-refractivity contribution is -0.128. The van der Waals surface area contributed by atoms with Crippen LogP contribution >= 0.6 is 11.8 Å². The van der Waals surface area contributed by atoms with Crippen LogP contribution in [0.5, 0.6) is 0 Å². The van der Waals surface area contributed by atoms with Crippen LogP contribution in [0.4, 0.5) is 4.79 Å². The van der Waals surface area contributed by atoms with Gasteiger partial charge >= 0.3 is 6.09 Å². The van der Waals surface area contributed by atoms with E-state index in [2.05, 4.69) is 10.6 Å². The quantitative estimate of drug-likeness (QED) is 0.547. The molecule has 0 aliphatic heterocycles. The number of alkyl carbamates (subject to hydrolysis) is 1. The number of hydrogen-bond donors (Lipinski definition) is 2. The van der Waals surface area contributed by atoms with Gasteiger partial charge in [0.15, 0.2) is 5.78 Å². The second kappa shape index (κ2) is 12.8. The molecule has 166 valence electrons. The maximum absolute atomic E-state index is 13.0. The van der Waals surface area contributed by atoms with Crippen LogP contribution in [0, 0.1) is 5.92 Å². The Morgan fingerprint density at radius 1 is 0.935 bits per heavy atom. The van der Waals surface area contributed by atoms with E-state index in [9.17, 15) is 14.4 Å². The normalized spacial score (nSPS) is 12.6. The van der Waals surface area contributed by atoms with Gasteiger partial charge in [0.05, 0.1) is 5.75 Å². The van der Waals surface area contributed by atoms with Crippen LogP contribution in [0.25, 0.3) is 0 Å². The molecule has 0 aliphatic carbocycles. The van der Waals surface area contributed by atoms with Crippen molar-refractivity contribution < 1.29 is 19.1 Å². The van der Waals surface area contributed by atoms with Crippen molar-refractivity contribution in [1.29, 1.82) is 0 Å². The first kappa shape index (κ1) is 24.5. The first-order valence-electron chi connectivity index (χ1n) is 10.2. The Morgan fingerprint density at radius 2 is 1.55 bits per heavy atom. The lowest BCUT2D eigenvalue weighted by Crippen LogP contribution is -2.49. The van der Waals surface area contributed by atoms with Gasteiger partial charge in [0.1, 0.15) is 18.7 Å². The summed E-state index contributed by atoms with van der Waals surface area (Å²) >= 11 is 1.40. The largest absolute Gasteiger partial charge is 0.445 e. The molecular formula is C24H30N2O4S. The third-order valence-corrected chi connectivity index (χ3v) is 5.13. The fraction of sp³-hybridized carbons (Fsp3) is 0.375. The molecule has 0 radical (unpaired) electrons. The van der Waals surface area contributed by atoms with E-state index < -0.39 is 24.1 Å². The number of amides is 2. The summed E-state index contributed by atoms with van der Waals surface area (Å²) in [7, 11) is 0. The van der Waals surface area contributed by atoms with Crippen LogP contribution in [0.2, 0.25) is 0 Å². The highest BCUT2D eigenvalue weighted by molar-refractivity contribution is 7.99. The van der Waals surface area contributed by atoms with Crippen LogP contribution < -0.4 is 10.6 Å². The summed E-state index contributed by atoms with van der Waals surface area (Å²) in [6, 6.07) is 16.9. The molecule has 0 saturated carbocycles. The summed E-state index contributed by atoms with van der Waals surface area (Å²) in [6.07, 6.45) is 1.59. The van der Waals surface area contributed by atoms with Crippen LogP contribution in [0.3, 0.4) is 0 Å². The molecule has 2 amide bonds. The second-order valence-electron chi connectivity index (χ2n) is 7.64. The zero-order chi connectivity index (χ0) is 22.6. The number of ketones is 1. The standard InChI is InChI=1S/C24H30N2O4S/c1-17(2)14-20(25-24(29)30-15-18-10-6-4-7-11-18)23(28)26-22(21(27)16-31-3)19-12-8-5-9-13-19/h4-13,17,20,22H,14-16H2,1-3H3,(H,25,29)(H,26,28)/t20-,22-/m0/s1. The minimum atomic E-state index is -0.809. The average Bonchev–Trinajstić information content (AvgIpc) is 2.76. The minimum absolute atomic E-state index is 0.0954. The Balaban J connectivity index is 2.07. The Kier molecular flexibility index (Phi) is 10.1. The molecule has 6 nitrogen and oxygen atoms in total. The fourth-order valence-electron chi connectivity index (χ4n) is 3.07. The number of carbonyl (C=O) groups is 3. The number of carbonyl (C=O) groups excluding carboxylic acids is 3. The highest BCUT2D eigenvalue weighted by Gasteiger charge is 2.28. The van der Waals surface area contributed by atoms with Crippen molar-refractivity contribution in [3.63, 3.8) is 0 Å². The molecule has 0 spiro atoms. The monoisotopic (exact) mass is 442 g/mol. The van der Waals surface area contributed by atoms with E-state index in [1.807, 2.05) is 80.8 Å². The predicted molar refractivity (Wildman–Crippen MR) is 124 cm³/mol. The number of hydrogen-bond acceptors (Lipinski definition) is 5. The smallest absolute Gasteiger partial charge is 0.408 e. The van der Waals surface area contributed by atoms with E-state index >= 15 is 0 Å². The van der Waals surface area contributed by atoms with Crippen molar-refractivity contribution in [2.24, 2.45) is 5.92 Å². The van der Waals surface area contributed by atoms with Gasteiger partial charge in [0.25, 0.3) is 0 Å². The molecule has 2 N–H and O–H groups in total. The number of Topliss-reactive ketones (excluding diaryl/α,β-unsaturated/α-hetero) is 1. The first-order chi connectivity index (χ1) is 14.9. The molecule has 2 atom stereocenters. The number of nitrogens with one attached hydrogen (secondary N) is 2. The summed E-state index contributed by atoms with van der Waals surface area (Å²) < 4.78 is 5.27. The molecule has 0 heterocycles. The number of ether oxygens (including phenoxy) is 1. The number of benzene rings is 2. The highest BCUT2D eigenvalue weighted by Crippen LogP contribution is 2.17. The third-order valence-electron chi connectivity index (χ3n) is 4.56. The molecule has 7 heteroatoms. The molecule has 0 bridgehead atoms. The van der Waals surface area contributed by atoms with Crippen LogP contribution in [-0.4, -0.2) is 35.8 Å². The van der Waals surface area contributed by atoms with Gasteiger partial charge in [-0.3, -0.25) is 9.59 Å². The molecule has 0 aliphatic rings. The van der Waals surface area contributed by atoms with Gasteiger partial charge in [-0.2, -0.15) is 11.8 Å². The maximum Gasteiger partial charge on any atom is 0.408 e. The summed E-state index contributed by atoms with van der Waals surface area (Å²) in [5.41, 5.74) is 1.57. The molecule has 0 fully saturated rings. The van der Waals surface area contributed by atoms with Crippen LogP contribution in [0.15, 0.2) is 60.7 Å². The van der Waals surface area contributed by atoms with Gasteiger partial charge in [-0.15, -0.1) is 0 Å². The second-order valence-corrected chi connectivity index (χ2v) is 8.51.